The van der Waals surface area contributed by atoms with Crippen molar-refractivity contribution in [3.63, 3.8) is 0 Å². The number of carbonyl (C=O) groups is 1. The molecule has 134 valence electrons. The number of hydrogen-bond donors (Lipinski definition) is 2. The highest BCUT2D eigenvalue weighted by Gasteiger charge is 2.14. The molecule has 0 bridgehead atoms. The number of fused-ring (bicyclic) bond motifs is 1. The minimum atomic E-state index is -0.186. The molecule has 0 unspecified atom stereocenters. The third-order valence-corrected chi connectivity index (χ3v) is 4.28. The number of amides is 1. The van der Waals surface area contributed by atoms with Crippen LogP contribution in [0, 0.1) is 0 Å². The molecule has 2 aromatic heterocycles. The topological polar surface area (TPSA) is 96.0 Å². The zero-order valence-electron chi connectivity index (χ0n) is 14.3. The van der Waals surface area contributed by atoms with Crippen LogP contribution >= 0.6 is 0 Å². The van der Waals surface area contributed by atoms with Crippen molar-refractivity contribution in [2.45, 2.75) is 6.42 Å². The summed E-state index contributed by atoms with van der Waals surface area (Å²) in [6, 6.07) is 7.86. The zero-order chi connectivity index (χ0) is 17.8. The first-order valence-corrected chi connectivity index (χ1v) is 8.66. The van der Waals surface area contributed by atoms with E-state index in [1.165, 1.54) is 0 Å². The number of nitrogens with zero attached hydrogens (tertiary/aromatic N) is 4. The lowest BCUT2D eigenvalue weighted by Gasteiger charge is -2.26. The lowest BCUT2D eigenvalue weighted by molar-refractivity contribution is 0.0953. The molecule has 8 nitrogen and oxygen atoms in total. The van der Waals surface area contributed by atoms with E-state index in [4.69, 9.17) is 4.74 Å². The van der Waals surface area contributed by atoms with Gasteiger partial charge < -0.3 is 19.9 Å². The van der Waals surface area contributed by atoms with E-state index in [9.17, 15) is 4.79 Å². The molecule has 0 spiro atoms. The number of anilines is 1. The second kappa shape index (κ2) is 7.49. The minimum Gasteiger partial charge on any atom is -0.378 e. The van der Waals surface area contributed by atoms with Gasteiger partial charge in [-0.2, -0.15) is 0 Å². The molecule has 4 rings (SSSR count). The number of H-pyrrole nitrogens is 1. The van der Waals surface area contributed by atoms with Gasteiger partial charge in [-0.25, -0.2) is 15.0 Å². The van der Waals surface area contributed by atoms with Gasteiger partial charge in [-0.3, -0.25) is 4.79 Å². The van der Waals surface area contributed by atoms with Crippen LogP contribution in [0.1, 0.15) is 16.2 Å². The molecule has 1 fully saturated rings. The summed E-state index contributed by atoms with van der Waals surface area (Å²) in [4.78, 5) is 30.6. The van der Waals surface area contributed by atoms with Gasteiger partial charge in [0.2, 0.25) is 5.95 Å². The second-order valence-electron chi connectivity index (χ2n) is 6.08. The van der Waals surface area contributed by atoms with E-state index in [1.807, 2.05) is 29.2 Å². The molecule has 1 saturated heterocycles. The van der Waals surface area contributed by atoms with Crippen molar-refractivity contribution in [3.05, 3.63) is 48.0 Å². The second-order valence-corrected chi connectivity index (χ2v) is 6.08. The quantitative estimate of drug-likeness (QED) is 0.715. The van der Waals surface area contributed by atoms with Crippen LogP contribution in [0.15, 0.2) is 36.7 Å². The van der Waals surface area contributed by atoms with Crippen LogP contribution in [0.5, 0.6) is 0 Å². The van der Waals surface area contributed by atoms with E-state index in [0.717, 1.165) is 29.9 Å². The number of benzene rings is 1. The van der Waals surface area contributed by atoms with Crippen molar-refractivity contribution in [2.75, 3.05) is 37.7 Å². The Morgan fingerprint density at radius 1 is 1.19 bits per heavy atom. The van der Waals surface area contributed by atoms with Gasteiger partial charge in [0, 0.05) is 38.4 Å². The van der Waals surface area contributed by atoms with Crippen molar-refractivity contribution in [1.29, 1.82) is 0 Å². The van der Waals surface area contributed by atoms with Crippen molar-refractivity contribution >= 4 is 22.9 Å². The highest BCUT2D eigenvalue weighted by atomic mass is 16.5. The summed E-state index contributed by atoms with van der Waals surface area (Å²) in [6.45, 7) is 3.37. The van der Waals surface area contributed by atoms with Gasteiger partial charge in [0.05, 0.1) is 29.8 Å². The summed E-state index contributed by atoms with van der Waals surface area (Å²) in [5.74, 6) is 1.30. The maximum atomic E-state index is 12.2. The fraction of sp³-hybridized carbons (Fsp3) is 0.333. The number of morpholine rings is 1. The number of carbonyl (C=O) groups excluding carboxylic acids is 1. The van der Waals surface area contributed by atoms with E-state index >= 15 is 0 Å². The van der Waals surface area contributed by atoms with Crippen LogP contribution in [-0.4, -0.2) is 58.7 Å². The highest BCUT2D eigenvalue weighted by molar-refractivity contribution is 5.93. The molecule has 0 saturated carbocycles. The first kappa shape index (κ1) is 16.5. The van der Waals surface area contributed by atoms with Gasteiger partial charge in [-0.05, 0) is 12.1 Å². The summed E-state index contributed by atoms with van der Waals surface area (Å²) < 4.78 is 5.31. The first-order chi connectivity index (χ1) is 12.8. The Hall–Kier alpha value is -3.00. The molecular formula is C18H20N6O2. The van der Waals surface area contributed by atoms with E-state index in [2.05, 4.69) is 25.3 Å². The third-order valence-electron chi connectivity index (χ3n) is 4.28. The summed E-state index contributed by atoms with van der Waals surface area (Å²) in [6.07, 6.45) is 3.76. The number of ether oxygens (including phenoxy) is 1. The van der Waals surface area contributed by atoms with Crippen LogP contribution < -0.4 is 10.2 Å². The van der Waals surface area contributed by atoms with Crippen molar-refractivity contribution in [2.24, 2.45) is 0 Å². The first-order valence-electron chi connectivity index (χ1n) is 8.66. The van der Waals surface area contributed by atoms with Crippen molar-refractivity contribution < 1.29 is 9.53 Å². The number of nitrogens with one attached hydrogen (secondary N) is 2. The van der Waals surface area contributed by atoms with Crippen molar-refractivity contribution in [3.8, 4) is 0 Å². The van der Waals surface area contributed by atoms with E-state index in [-0.39, 0.29) is 5.91 Å². The molecule has 1 aliphatic heterocycles. The minimum absolute atomic E-state index is 0.186. The number of hydrogen-bond acceptors (Lipinski definition) is 6. The molecule has 3 heterocycles. The van der Waals surface area contributed by atoms with Gasteiger partial charge in [-0.1, -0.05) is 12.1 Å². The Morgan fingerprint density at radius 2 is 1.96 bits per heavy atom. The highest BCUT2D eigenvalue weighted by Crippen LogP contribution is 2.11. The molecule has 26 heavy (non-hydrogen) atoms. The predicted octanol–water partition coefficient (Wildman–Crippen LogP) is 1.16. The standard InChI is InChI=1S/C18H20N6O2/c25-17(13-11-20-18(21-12-13)24-7-9-26-10-8-24)19-6-5-16-22-14-3-1-2-4-15(14)23-16/h1-4,11-12H,5-10H2,(H,19,25)(H,22,23). The summed E-state index contributed by atoms with van der Waals surface area (Å²) in [5, 5.41) is 2.88. The molecule has 0 radical (unpaired) electrons. The summed E-state index contributed by atoms with van der Waals surface area (Å²) in [5.41, 5.74) is 2.38. The van der Waals surface area contributed by atoms with Gasteiger partial charge in [-0.15, -0.1) is 0 Å². The maximum Gasteiger partial charge on any atom is 0.254 e. The van der Waals surface area contributed by atoms with Crippen molar-refractivity contribution in [1.82, 2.24) is 25.3 Å². The fourth-order valence-corrected chi connectivity index (χ4v) is 2.89. The molecule has 2 N–H and O–H groups in total. The van der Waals surface area contributed by atoms with E-state index < -0.39 is 0 Å². The largest absolute Gasteiger partial charge is 0.378 e. The number of rotatable bonds is 5. The molecule has 3 aromatic rings. The smallest absolute Gasteiger partial charge is 0.254 e. The Labute approximate surface area is 150 Å². The van der Waals surface area contributed by atoms with Gasteiger partial charge in [0.25, 0.3) is 5.91 Å². The van der Waals surface area contributed by atoms with Crippen LogP contribution in [0.4, 0.5) is 5.95 Å². The fourth-order valence-electron chi connectivity index (χ4n) is 2.89. The Bertz CT molecular complexity index is 853. The molecular weight excluding hydrogens is 332 g/mol. The van der Waals surface area contributed by atoms with Gasteiger partial charge >= 0.3 is 0 Å². The SMILES string of the molecule is O=C(NCCc1nc2ccccc2[nH]1)c1cnc(N2CCOCC2)nc1. The summed E-state index contributed by atoms with van der Waals surface area (Å²) in [7, 11) is 0. The monoisotopic (exact) mass is 352 g/mol. The molecule has 1 amide bonds. The number of aromatic amines is 1. The lowest BCUT2D eigenvalue weighted by atomic mass is 10.3. The lowest BCUT2D eigenvalue weighted by Crippen LogP contribution is -2.37. The van der Waals surface area contributed by atoms with Gasteiger partial charge in [0.1, 0.15) is 5.82 Å². The Morgan fingerprint density at radius 3 is 2.73 bits per heavy atom. The normalized spacial score (nSPS) is 14.5. The maximum absolute atomic E-state index is 12.2. The predicted molar refractivity (Wildman–Crippen MR) is 97.2 cm³/mol. The van der Waals surface area contributed by atoms with Crippen LogP contribution in [0.25, 0.3) is 11.0 Å². The summed E-state index contributed by atoms with van der Waals surface area (Å²) >= 11 is 0. The third kappa shape index (κ3) is 3.65. The van der Waals surface area contributed by atoms with Crippen LogP contribution in [-0.2, 0) is 11.2 Å². The number of para-hydroxylation sites is 2. The van der Waals surface area contributed by atoms with E-state index in [1.54, 1.807) is 12.4 Å². The van der Waals surface area contributed by atoms with Crippen LogP contribution in [0.2, 0.25) is 0 Å². The molecule has 1 aromatic carbocycles. The molecule has 8 heteroatoms. The Balaban J connectivity index is 1.31. The zero-order valence-corrected chi connectivity index (χ0v) is 14.3. The van der Waals surface area contributed by atoms with Gasteiger partial charge in [0.15, 0.2) is 0 Å². The van der Waals surface area contributed by atoms with E-state index in [0.29, 0.717) is 37.7 Å². The average molecular weight is 352 g/mol. The van der Waals surface area contributed by atoms with Crippen LogP contribution in [0.3, 0.4) is 0 Å². The number of imidazole rings is 1. The molecule has 0 aliphatic carbocycles. The Kier molecular flexibility index (Phi) is 4.74. The molecule has 0 atom stereocenters. The number of aromatic nitrogens is 4. The molecule has 1 aliphatic rings. The average Bonchev–Trinajstić information content (AvgIpc) is 3.11.